The van der Waals surface area contributed by atoms with E-state index in [0.29, 0.717) is 47.0 Å². The highest BCUT2D eigenvalue weighted by atomic mass is 16.5. The van der Waals surface area contributed by atoms with E-state index in [1.54, 1.807) is 17.6 Å². The van der Waals surface area contributed by atoms with Crippen LogP contribution in [0.15, 0.2) is 15.4 Å². The van der Waals surface area contributed by atoms with Crippen LogP contribution in [-0.2, 0) is 6.54 Å². The molecule has 0 unspecified atom stereocenters. The molecule has 7 nitrogen and oxygen atoms in total. The van der Waals surface area contributed by atoms with E-state index >= 15 is 0 Å². The smallest absolute Gasteiger partial charge is 0.326 e. The summed E-state index contributed by atoms with van der Waals surface area (Å²) in [7, 11) is 0. The van der Waals surface area contributed by atoms with Gasteiger partial charge in [-0.25, -0.2) is 4.79 Å². The van der Waals surface area contributed by atoms with E-state index < -0.39 is 0 Å². The molecular formula is C15H13N3O4. The summed E-state index contributed by atoms with van der Waals surface area (Å²) in [4.78, 5) is 26.2. The summed E-state index contributed by atoms with van der Waals surface area (Å²) in [5.41, 5.74) is 3.53. The molecule has 22 heavy (non-hydrogen) atoms. The predicted molar refractivity (Wildman–Crippen MR) is 78.4 cm³/mol. The van der Waals surface area contributed by atoms with Gasteiger partial charge >= 0.3 is 5.69 Å². The van der Waals surface area contributed by atoms with Crippen LogP contribution in [-0.4, -0.2) is 27.6 Å². The zero-order valence-electron chi connectivity index (χ0n) is 12.1. The van der Waals surface area contributed by atoms with Gasteiger partial charge in [0.2, 0.25) is 0 Å². The Morgan fingerprint density at radius 3 is 2.91 bits per heavy atom. The van der Waals surface area contributed by atoms with Gasteiger partial charge in [-0.1, -0.05) is 5.16 Å². The number of H-pyrrole nitrogens is 1. The molecule has 1 aliphatic rings. The zero-order valence-corrected chi connectivity index (χ0v) is 12.1. The van der Waals surface area contributed by atoms with Crippen molar-refractivity contribution in [1.29, 1.82) is 0 Å². The Hall–Kier alpha value is -2.83. The van der Waals surface area contributed by atoms with Crippen molar-refractivity contribution < 1.29 is 14.1 Å². The molecule has 2 aromatic heterocycles. The summed E-state index contributed by atoms with van der Waals surface area (Å²) in [5, 5.41) is 3.95. The van der Waals surface area contributed by atoms with Crippen LogP contribution in [0.5, 0.6) is 5.75 Å². The van der Waals surface area contributed by atoms with Gasteiger partial charge < -0.3 is 14.2 Å². The molecule has 1 aromatic carbocycles. The highest BCUT2D eigenvalue weighted by molar-refractivity contribution is 6.02. The molecule has 3 aromatic rings. The number of nitrogens with zero attached hydrogens (tertiary/aromatic N) is 2. The normalized spacial score (nSPS) is 13.4. The van der Waals surface area contributed by atoms with E-state index in [2.05, 4.69) is 10.1 Å². The lowest BCUT2D eigenvalue weighted by Gasteiger charge is -2.19. The topological polar surface area (TPSA) is 90.1 Å². The second-order valence-electron chi connectivity index (χ2n) is 5.31. The highest BCUT2D eigenvalue weighted by Gasteiger charge is 2.26. The highest BCUT2D eigenvalue weighted by Crippen LogP contribution is 2.41. The molecule has 7 heteroatoms. The Morgan fingerprint density at radius 2 is 2.23 bits per heavy atom. The quantitative estimate of drug-likeness (QED) is 0.729. The summed E-state index contributed by atoms with van der Waals surface area (Å²) >= 11 is 0. The summed E-state index contributed by atoms with van der Waals surface area (Å²) in [5.74, 6) is 1.23. The average molecular weight is 299 g/mol. The van der Waals surface area contributed by atoms with Crippen molar-refractivity contribution in [2.45, 2.75) is 20.4 Å². The molecule has 0 radical (unpaired) electrons. The van der Waals surface area contributed by atoms with E-state index in [4.69, 9.17) is 9.26 Å². The summed E-state index contributed by atoms with van der Waals surface area (Å²) < 4.78 is 12.6. The van der Waals surface area contributed by atoms with Gasteiger partial charge in [0, 0.05) is 11.1 Å². The first kappa shape index (κ1) is 12.9. The van der Waals surface area contributed by atoms with E-state index in [1.165, 1.54) is 0 Å². The fourth-order valence-electron chi connectivity index (χ4n) is 3.08. The number of carbonyl (C=O) groups excluding carboxylic acids is 1. The number of nitrogens with one attached hydrogen (secondary N) is 1. The first-order chi connectivity index (χ1) is 10.6. The Bertz CT molecular complexity index is 957. The Morgan fingerprint density at radius 1 is 1.41 bits per heavy atom. The number of aromatic nitrogens is 3. The monoisotopic (exact) mass is 299 g/mol. The van der Waals surface area contributed by atoms with Crippen LogP contribution < -0.4 is 10.4 Å². The number of aromatic amines is 1. The molecule has 0 fully saturated rings. The number of hydrogen-bond acceptors (Lipinski definition) is 5. The fourth-order valence-corrected chi connectivity index (χ4v) is 3.08. The molecule has 0 amide bonds. The Kier molecular flexibility index (Phi) is 2.53. The molecule has 0 bridgehead atoms. The Balaban J connectivity index is 2.19. The van der Waals surface area contributed by atoms with Crippen molar-refractivity contribution in [1.82, 2.24) is 14.7 Å². The van der Waals surface area contributed by atoms with Crippen LogP contribution >= 0.6 is 0 Å². The van der Waals surface area contributed by atoms with Gasteiger partial charge in [-0.05, 0) is 19.9 Å². The maximum atomic E-state index is 12.1. The predicted octanol–water partition coefficient (Wildman–Crippen LogP) is 1.81. The summed E-state index contributed by atoms with van der Waals surface area (Å²) in [6.07, 6.45) is 0.732. The number of imidazole rings is 1. The van der Waals surface area contributed by atoms with E-state index in [0.717, 1.165) is 17.4 Å². The minimum absolute atomic E-state index is 0.237. The molecule has 0 saturated heterocycles. The van der Waals surface area contributed by atoms with Crippen LogP contribution in [0, 0.1) is 13.8 Å². The van der Waals surface area contributed by atoms with E-state index in [9.17, 15) is 9.59 Å². The molecule has 0 aliphatic carbocycles. The van der Waals surface area contributed by atoms with Gasteiger partial charge in [0.15, 0.2) is 12.0 Å². The molecule has 4 rings (SSSR count). The maximum Gasteiger partial charge on any atom is 0.326 e. The molecular weight excluding hydrogens is 286 g/mol. The van der Waals surface area contributed by atoms with Crippen molar-refractivity contribution >= 4 is 17.3 Å². The van der Waals surface area contributed by atoms with Gasteiger partial charge in [0.1, 0.15) is 17.9 Å². The number of ether oxygens (including phenoxy) is 1. The fraction of sp³-hybridized carbons (Fsp3) is 0.267. The minimum atomic E-state index is -0.237. The van der Waals surface area contributed by atoms with E-state index in [-0.39, 0.29) is 5.69 Å². The van der Waals surface area contributed by atoms with Crippen LogP contribution in [0.1, 0.15) is 21.8 Å². The minimum Gasteiger partial charge on any atom is -0.489 e. The molecule has 0 atom stereocenters. The van der Waals surface area contributed by atoms with E-state index in [1.807, 2.05) is 6.92 Å². The van der Waals surface area contributed by atoms with Gasteiger partial charge in [-0.2, -0.15) is 0 Å². The summed E-state index contributed by atoms with van der Waals surface area (Å²) in [6, 6.07) is 1.71. The first-order valence-corrected chi connectivity index (χ1v) is 6.92. The zero-order chi connectivity index (χ0) is 15.4. The van der Waals surface area contributed by atoms with Gasteiger partial charge in [-0.3, -0.25) is 9.36 Å². The lowest BCUT2D eigenvalue weighted by molar-refractivity contribution is 0.112. The molecule has 112 valence electrons. The molecule has 1 N–H and O–H groups in total. The third-order valence-electron chi connectivity index (χ3n) is 4.02. The van der Waals surface area contributed by atoms with Crippen LogP contribution in [0.3, 0.4) is 0 Å². The average Bonchev–Trinajstić information content (AvgIpc) is 3.03. The molecule has 3 heterocycles. The first-order valence-electron chi connectivity index (χ1n) is 6.92. The third-order valence-corrected chi connectivity index (χ3v) is 4.02. The maximum absolute atomic E-state index is 12.1. The lowest BCUT2D eigenvalue weighted by Crippen LogP contribution is -2.23. The standard InChI is InChI=1S/C15H13N3O4/c1-7-11(8(2)22-17-7)10-5-9(6-19)12-13-14(10)21-4-3-18(13)15(20)16-12/h5-6H,3-4H2,1-2H3,(H,16,20). The SMILES string of the molecule is Cc1noc(C)c1-c1cc(C=O)c2[nH]c(=O)n3c2c1OCC3. The largest absolute Gasteiger partial charge is 0.489 e. The number of benzene rings is 1. The van der Waals surface area contributed by atoms with Crippen molar-refractivity contribution in [3.05, 3.63) is 33.6 Å². The number of carbonyl (C=O) groups is 1. The second-order valence-corrected chi connectivity index (χ2v) is 5.31. The van der Waals surface area contributed by atoms with Crippen LogP contribution in [0.25, 0.3) is 22.2 Å². The number of aryl methyl sites for hydroxylation is 2. The Labute approximate surface area is 124 Å². The van der Waals surface area contributed by atoms with Gasteiger partial charge in [-0.15, -0.1) is 0 Å². The van der Waals surface area contributed by atoms with Crippen molar-refractivity contribution in [3.63, 3.8) is 0 Å². The number of rotatable bonds is 2. The third kappa shape index (κ3) is 1.53. The second kappa shape index (κ2) is 4.33. The van der Waals surface area contributed by atoms with Gasteiger partial charge in [0.25, 0.3) is 0 Å². The number of hydrogen-bond donors (Lipinski definition) is 1. The number of aldehydes is 1. The van der Waals surface area contributed by atoms with Crippen molar-refractivity contribution in [2.24, 2.45) is 0 Å². The molecule has 0 saturated carbocycles. The van der Waals surface area contributed by atoms with Gasteiger partial charge in [0.05, 0.1) is 23.3 Å². The molecule has 0 spiro atoms. The van der Waals surface area contributed by atoms with Crippen LogP contribution in [0.4, 0.5) is 0 Å². The van der Waals surface area contributed by atoms with Crippen molar-refractivity contribution in [2.75, 3.05) is 6.61 Å². The van der Waals surface area contributed by atoms with Crippen molar-refractivity contribution in [3.8, 4) is 16.9 Å². The molecule has 1 aliphatic heterocycles. The lowest BCUT2D eigenvalue weighted by atomic mass is 9.99. The van der Waals surface area contributed by atoms with Crippen LogP contribution in [0.2, 0.25) is 0 Å². The summed E-state index contributed by atoms with van der Waals surface area (Å²) in [6.45, 7) is 4.49.